The quantitative estimate of drug-likeness (QED) is 0.762. The van der Waals surface area contributed by atoms with E-state index in [0.29, 0.717) is 24.7 Å². The van der Waals surface area contributed by atoms with E-state index in [1.807, 2.05) is 25.1 Å². The van der Waals surface area contributed by atoms with Crippen LogP contribution in [0.25, 0.3) is 0 Å². The fourth-order valence-electron chi connectivity index (χ4n) is 3.52. The Hall–Kier alpha value is -2.61. The van der Waals surface area contributed by atoms with Gasteiger partial charge in [0, 0.05) is 18.7 Å². The first kappa shape index (κ1) is 18.7. The zero-order valence-electron chi connectivity index (χ0n) is 15.8. The number of ether oxygens (including phenoxy) is 2. The van der Waals surface area contributed by atoms with Crippen LogP contribution in [0.2, 0.25) is 0 Å². The third-order valence-electron chi connectivity index (χ3n) is 4.88. The summed E-state index contributed by atoms with van der Waals surface area (Å²) in [5.74, 6) is 1.23. The van der Waals surface area contributed by atoms with E-state index < -0.39 is 12.3 Å². The predicted octanol–water partition coefficient (Wildman–Crippen LogP) is 2.74. The van der Waals surface area contributed by atoms with E-state index in [4.69, 9.17) is 9.47 Å². The molecule has 3 heterocycles. The van der Waals surface area contributed by atoms with E-state index in [2.05, 4.69) is 15.0 Å². The van der Waals surface area contributed by atoms with Gasteiger partial charge in [0.15, 0.2) is 12.3 Å². The van der Waals surface area contributed by atoms with Gasteiger partial charge in [-0.05, 0) is 24.6 Å². The van der Waals surface area contributed by atoms with Crippen LogP contribution in [0.4, 0.5) is 14.6 Å². The standard InChI is InChI=1S/C20H22F2N4O2/c1-12(10-27-2)28-14-4-3-13-7-23-20(15(13)5-14)18-6-19(25-11-24-18)26-8-16(21)17(22)9-26/h3-6,11-12,16-17H,7-10H2,1-2H3/t12-,16-,17-/m0/s1. The number of methoxy groups -OCH3 is 1. The van der Waals surface area contributed by atoms with E-state index in [-0.39, 0.29) is 19.2 Å². The SMILES string of the molecule is COC[C@H](C)Oc1ccc2c(c1)C(c1cc(N3C[C@H](F)[C@@H](F)C3)ncn1)=NC2. The van der Waals surface area contributed by atoms with Gasteiger partial charge in [0.25, 0.3) is 0 Å². The van der Waals surface area contributed by atoms with Crippen LogP contribution in [-0.2, 0) is 11.3 Å². The van der Waals surface area contributed by atoms with Gasteiger partial charge in [-0.25, -0.2) is 18.7 Å². The largest absolute Gasteiger partial charge is 0.488 e. The lowest BCUT2D eigenvalue weighted by Crippen LogP contribution is -2.22. The molecule has 1 fully saturated rings. The van der Waals surface area contributed by atoms with Gasteiger partial charge in [-0.2, -0.15) is 0 Å². The minimum Gasteiger partial charge on any atom is -0.488 e. The van der Waals surface area contributed by atoms with Crippen molar-refractivity contribution in [1.29, 1.82) is 0 Å². The van der Waals surface area contributed by atoms with Crippen molar-refractivity contribution in [1.82, 2.24) is 9.97 Å². The van der Waals surface area contributed by atoms with E-state index >= 15 is 0 Å². The van der Waals surface area contributed by atoms with Gasteiger partial charge >= 0.3 is 0 Å². The van der Waals surface area contributed by atoms with Crippen molar-refractivity contribution < 1.29 is 18.3 Å². The van der Waals surface area contributed by atoms with Gasteiger partial charge in [0.2, 0.25) is 0 Å². The zero-order valence-corrected chi connectivity index (χ0v) is 15.8. The molecule has 2 aliphatic heterocycles. The average molecular weight is 388 g/mol. The number of halogens is 2. The molecule has 0 N–H and O–H groups in total. The molecule has 1 saturated heterocycles. The number of hydrogen-bond donors (Lipinski definition) is 0. The number of benzene rings is 1. The lowest BCUT2D eigenvalue weighted by Gasteiger charge is -2.17. The van der Waals surface area contributed by atoms with Gasteiger partial charge in [-0.1, -0.05) is 6.07 Å². The Morgan fingerprint density at radius 2 is 1.96 bits per heavy atom. The van der Waals surface area contributed by atoms with Crippen molar-refractivity contribution in [3.63, 3.8) is 0 Å². The number of aromatic nitrogens is 2. The van der Waals surface area contributed by atoms with E-state index in [1.54, 1.807) is 18.1 Å². The summed E-state index contributed by atoms with van der Waals surface area (Å²) in [6.07, 6.45) is -1.65. The molecule has 4 rings (SSSR count). The van der Waals surface area contributed by atoms with Gasteiger partial charge in [0.1, 0.15) is 24.0 Å². The Kier molecular flexibility index (Phi) is 5.21. The molecule has 2 aliphatic rings. The van der Waals surface area contributed by atoms with Crippen LogP contribution in [0.5, 0.6) is 5.75 Å². The highest BCUT2D eigenvalue weighted by atomic mass is 19.2. The number of hydrogen-bond acceptors (Lipinski definition) is 6. The summed E-state index contributed by atoms with van der Waals surface area (Å²) in [5, 5.41) is 0. The highest BCUT2D eigenvalue weighted by Crippen LogP contribution is 2.29. The third-order valence-corrected chi connectivity index (χ3v) is 4.88. The number of aliphatic imine (C=N–C) groups is 1. The number of anilines is 1. The molecule has 0 bridgehead atoms. The molecule has 28 heavy (non-hydrogen) atoms. The summed E-state index contributed by atoms with van der Waals surface area (Å²) in [4.78, 5) is 14.7. The molecule has 0 saturated carbocycles. The third kappa shape index (κ3) is 3.69. The summed E-state index contributed by atoms with van der Waals surface area (Å²) >= 11 is 0. The maximum absolute atomic E-state index is 13.5. The van der Waals surface area contributed by atoms with Crippen molar-refractivity contribution >= 4 is 11.5 Å². The Morgan fingerprint density at radius 3 is 2.71 bits per heavy atom. The molecule has 1 aromatic carbocycles. The van der Waals surface area contributed by atoms with E-state index in [0.717, 1.165) is 22.6 Å². The monoisotopic (exact) mass is 388 g/mol. The fourth-order valence-corrected chi connectivity index (χ4v) is 3.52. The molecule has 6 nitrogen and oxygen atoms in total. The number of alkyl halides is 2. The number of rotatable bonds is 6. The molecule has 0 aliphatic carbocycles. The van der Waals surface area contributed by atoms with Gasteiger partial charge < -0.3 is 14.4 Å². The van der Waals surface area contributed by atoms with E-state index in [9.17, 15) is 8.78 Å². The van der Waals surface area contributed by atoms with Gasteiger partial charge in [-0.3, -0.25) is 4.99 Å². The normalized spacial score (nSPS) is 22.1. The maximum Gasteiger partial charge on any atom is 0.150 e. The number of fused-ring (bicyclic) bond motifs is 1. The lowest BCUT2D eigenvalue weighted by molar-refractivity contribution is 0.0921. The molecular weight excluding hydrogens is 366 g/mol. The molecule has 0 spiro atoms. The molecule has 8 heteroatoms. The summed E-state index contributed by atoms with van der Waals surface area (Å²) < 4.78 is 38.1. The Bertz CT molecular complexity index is 882. The van der Waals surface area contributed by atoms with Crippen molar-refractivity contribution in [2.24, 2.45) is 4.99 Å². The minimum absolute atomic E-state index is 0.00391. The molecular formula is C20H22F2N4O2. The minimum atomic E-state index is -1.49. The predicted molar refractivity (Wildman–Crippen MR) is 102 cm³/mol. The second-order valence-electron chi connectivity index (χ2n) is 7.07. The summed E-state index contributed by atoms with van der Waals surface area (Å²) in [7, 11) is 1.64. The fraction of sp³-hybridized carbons (Fsp3) is 0.450. The first-order valence-electron chi connectivity index (χ1n) is 9.24. The number of nitrogens with zero attached hydrogens (tertiary/aromatic N) is 4. The topological polar surface area (TPSA) is 59.8 Å². The lowest BCUT2D eigenvalue weighted by atomic mass is 10.0. The highest BCUT2D eigenvalue weighted by molar-refractivity contribution is 6.14. The molecule has 148 valence electrons. The first-order valence-corrected chi connectivity index (χ1v) is 9.24. The second kappa shape index (κ2) is 7.79. The summed E-state index contributed by atoms with van der Waals surface area (Å²) in [6, 6.07) is 7.59. The highest BCUT2D eigenvalue weighted by Gasteiger charge is 2.34. The molecule has 0 amide bonds. The van der Waals surface area contributed by atoms with Crippen molar-refractivity contribution in [2.75, 3.05) is 31.7 Å². The van der Waals surface area contributed by atoms with Crippen LogP contribution in [0, 0.1) is 0 Å². The van der Waals surface area contributed by atoms with Crippen molar-refractivity contribution in [3.8, 4) is 5.75 Å². The van der Waals surface area contributed by atoms with Gasteiger partial charge in [0.05, 0.1) is 37.6 Å². The molecule has 0 radical (unpaired) electrons. The van der Waals surface area contributed by atoms with Crippen molar-refractivity contribution in [3.05, 3.63) is 47.4 Å². The smallest absolute Gasteiger partial charge is 0.150 e. The maximum atomic E-state index is 13.5. The molecule has 2 aromatic rings. The molecule has 1 aromatic heterocycles. The average Bonchev–Trinajstić information content (AvgIpc) is 3.25. The Morgan fingerprint density at radius 1 is 1.18 bits per heavy atom. The van der Waals surface area contributed by atoms with E-state index in [1.165, 1.54) is 6.33 Å². The molecule has 3 atom stereocenters. The van der Waals surface area contributed by atoms with Crippen LogP contribution in [-0.4, -0.2) is 60.9 Å². The van der Waals surface area contributed by atoms with Crippen LogP contribution >= 0.6 is 0 Å². The first-order chi connectivity index (χ1) is 13.5. The zero-order chi connectivity index (χ0) is 19.7. The van der Waals surface area contributed by atoms with Crippen LogP contribution in [0.15, 0.2) is 35.6 Å². The van der Waals surface area contributed by atoms with Crippen molar-refractivity contribution in [2.45, 2.75) is 31.9 Å². The van der Waals surface area contributed by atoms with Gasteiger partial charge in [-0.15, -0.1) is 0 Å². The Balaban J connectivity index is 1.58. The van der Waals surface area contributed by atoms with Crippen LogP contribution < -0.4 is 9.64 Å². The van der Waals surface area contributed by atoms with Crippen LogP contribution in [0.3, 0.4) is 0 Å². The second-order valence-corrected chi connectivity index (χ2v) is 7.07. The molecule has 0 unspecified atom stereocenters. The summed E-state index contributed by atoms with van der Waals surface area (Å²) in [5.41, 5.74) is 3.38. The summed E-state index contributed by atoms with van der Waals surface area (Å²) in [6.45, 7) is 2.98. The Labute approximate surface area is 162 Å². The van der Waals surface area contributed by atoms with Crippen LogP contribution in [0.1, 0.15) is 23.7 Å².